The van der Waals surface area contributed by atoms with Gasteiger partial charge in [0, 0.05) is 24.0 Å². The zero-order chi connectivity index (χ0) is 17.6. The Morgan fingerprint density at radius 1 is 1.00 bits per heavy atom. The lowest BCUT2D eigenvalue weighted by atomic mass is 10.1. The van der Waals surface area contributed by atoms with E-state index in [1.807, 2.05) is 25.1 Å². The van der Waals surface area contributed by atoms with Crippen molar-refractivity contribution in [3.8, 4) is 6.07 Å². The highest BCUT2D eigenvalue weighted by molar-refractivity contribution is 5.57. The van der Waals surface area contributed by atoms with Gasteiger partial charge in [-0.05, 0) is 37.6 Å². The van der Waals surface area contributed by atoms with Crippen LogP contribution in [0.5, 0.6) is 0 Å². The van der Waals surface area contributed by atoms with Gasteiger partial charge in [-0.3, -0.25) is 0 Å². The number of nitrogens with zero attached hydrogens (tertiary/aromatic N) is 3. The molecule has 5 heteroatoms. The van der Waals surface area contributed by atoms with Gasteiger partial charge < -0.3 is 10.6 Å². The van der Waals surface area contributed by atoms with Crippen molar-refractivity contribution >= 4 is 17.5 Å². The van der Waals surface area contributed by atoms with E-state index >= 15 is 0 Å². The minimum absolute atomic E-state index is 0.501. The van der Waals surface area contributed by atoms with Crippen molar-refractivity contribution in [2.75, 3.05) is 10.6 Å². The molecule has 3 aromatic rings. The first-order valence-electron chi connectivity index (χ1n) is 8.05. The van der Waals surface area contributed by atoms with Crippen molar-refractivity contribution in [1.29, 1.82) is 5.26 Å². The number of anilines is 3. The summed E-state index contributed by atoms with van der Waals surface area (Å²) in [5, 5.41) is 15.5. The number of benzene rings is 2. The fourth-order valence-electron chi connectivity index (χ4n) is 2.41. The van der Waals surface area contributed by atoms with E-state index in [2.05, 4.69) is 57.9 Å². The van der Waals surface area contributed by atoms with Gasteiger partial charge in [-0.2, -0.15) is 10.2 Å². The number of rotatable bonds is 5. The molecule has 0 radical (unpaired) electrons. The molecule has 1 heterocycles. The van der Waals surface area contributed by atoms with E-state index in [1.165, 1.54) is 11.1 Å². The molecule has 0 fully saturated rings. The summed E-state index contributed by atoms with van der Waals surface area (Å²) in [5.74, 6) is 1.26. The average molecular weight is 329 g/mol. The van der Waals surface area contributed by atoms with Gasteiger partial charge in [-0.1, -0.05) is 35.9 Å². The number of nitrogens with one attached hydrogen (secondary N) is 2. The Balaban J connectivity index is 1.73. The molecule has 3 rings (SSSR count). The van der Waals surface area contributed by atoms with Crippen LogP contribution in [0, 0.1) is 25.2 Å². The van der Waals surface area contributed by atoms with Crippen LogP contribution in [0.15, 0.2) is 54.6 Å². The number of aryl methyl sites for hydroxylation is 2. The molecule has 0 aliphatic heterocycles. The molecule has 0 unspecified atom stereocenters. The highest BCUT2D eigenvalue weighted by Crippen LogP contribution is 2.17. The smallest absolute Gasteiger partial charge is 0.229 e. The molecule has 0 atom stereocenters. The zero-order valence-corrected chi connectivity index (χ0v) is 14.2. The first-order chi connectivity index (χ1) is 12.1. The Kier molecular flexibility index (Phi) is 4.91. The Hall–Kier alpha value is -3.39. The Morgan fingerprint density at radius 3 is 2.56 bits per heavy atom. The van der Waals surface area contributed by atoms with Crippen LogP contribution < -0.4 is 10.6 Å². The van der Waals surface area contributed by atoms with E-state index in [9.17, 15) is 0 Å². The van der Waals surface area contributed by atoms with E-state index < -0.39 is 0 Å². The van der Waals surface area contributed by atoms with Crippen molar-refractivity contribution in [1.82, 2.24) is 9.97 Å². The Morgan fingerprint density at radius 2 is 1.80 bits per heavy atom. The van der Waals surface area contributed by atoms with Crippen LogP contribution in [0.1, 0.15) is 22.4 Å². The Bertz CT molecular complexity index is 910. The topological polar surface area (TPSA) is 73.6 Å². The van der Waals surface area contributed by atoms with Crippen LogP contribution >= 0.6 is 0 Å². The van der Waals surface area contributed by atoms with Gasteiger partial charge in [-0.15, -0.1) is 0 Å². The molecule has 0 bridgehead atoms. The van der Waals surface area contributed by atoms with Crippen molar-refractivity contribution in [2.45, 2.75) is 20.4 Å². The zero-order valence-electron chi connectivity index (χ0n) is 14.2. The average Bonchev–Trinajstić information content (AvgIpc) is 2.61. The lowest BCUT2D eigenvalue weighted by Crippen LogP contribution is -2.05. The maximum atomic E-state index is 8.99. The highest BCUT2D eigenvalue weighted by Gasteiger charge is 2.04. The van der Waals surface area contributed by atoms with Gasteiger partial charge in [0.2, 0.25) is 5.95 Å². The molecule has 1 aromatic heterocycles. The van der Waals surface area contributed by atoms with Crippen LogP contribution in [-0.4, -0.2) is 9.97 Å². The lowest BCUT2D eigenvalue weighted by molar-refractivity contribution is 1.06. The van der Waals surface area contributed by atoms with Gasteiger partial charge in [0.25, 0.3) is 0 Å². The second-order valence-electron chi connectivity index (χ2n) is 5.87. The first kappa shape index (κ1) is 16.5. The van der Waals surface area contributed by atoms with Crippen LogP contribution in [-0.2, 0) is 6.54 Å². The molecule has 124 valence electrons. The third kappa shape index (κ3) is 4.55. The minimum Gasteiger partial charge on any atom is -0.366 e. The monoisotopic (exact) mass is 329 g/mol. The molecule has 0 saturated heterocycles. The number of nitriles is 1. The molecule has 0 aliphatic carbocycles. The summed E-state index contributed by atoms with van der Waals surface area (Å²) >= 11 is 0. The normalized spacial score (nSPS) is 10.1. The molecule has 25 heavy (non-hydrogen) atoms. The van der Waals surface area contributed by atoms with Crippen LogP contribution in [0.2, 0.25) is 0 Å². The maximum absolute atomic E-state index is 8.99. The third-order valence-corrected chi connectivity index (χ3v) is 3.70. The second kappa shape index (κ2) is 7.45. The number of hydrogen-bond acceptors (Lipinski definition) is 5. The molecule has 2 aromatic carbocycles. The molecule has 0 saturated carbocycles. The summed E-state index contributed by atoms with van der Waals surface area (Å²) in [7, 11) is 0. The summed E-state index contributed by atoms with van der Waals surface area (Å²) in [6, 6.07) is 19.7. The highest BCUT2D eigenvalue weighted by atomic mass is 15.1. The third-order valence-electron chi connectivity index (χ3n) is 3.70. The number of hydrogen-bond donors (Lipinski definition) is 2. The molecule has 0 spiro atoms. The summed E-state index contributed by atoms with van der Waals surface area (Å²) in [6.07, 6.45) is 0. The van der Waals surface area contributed by atoms with Crippen molar-refractivity contribution < 1.29 is 0 Å². The maximum Gasteiger partial charge on any atom is 0.229 e. The fourth-order valence-corrected chi connectivity index (χ4v) is 2.41. The Labute approximate surface area is 147 Å². The molecule has 2 N–H and O–H groups in total. The fraction of sp³-hybridized carbons (Fsp3) is 0.150. The van der Waals surface area contributed by atoms with E-state index in [1.54, 1.807) is 12.1 Å². The van der Waals surface area contributed by atoms with E-state index in [0.29, 0.717) is 18.1 Å². The van der Waals surface area contributed by atoms with Gasteiger partial charge in [0.15, 0.2) is 0 Å². The van der Waals surface area contributed by atoms with E-state index in [4.69, 9.17) is 5.26 Å². The molecular formula is C20H19N5. The van der Waals surface area contributed by atoms with Crippen molar-refractivity contribution in [3.63, 3.8) is 0 Å². The van der Waals surface area contributed by atoms with Gasteiger partial charge in [0.05, 0.1) is 11.6 Å². The summed E-state index contributed by atoms with van der Waals surface area (Å²) in [5.41, 5.74) is 4.68. The predicted octanol–water partition coefficient (Wildman–Crippen LogP) is 4.32. The standard InChI is InChI=1S/C20H19N5/c1-14-6-8-16(9-7-14)13-22-19-10-15(2)23-20(25-19)24-18-5-3-4-17(11-18)12-21/h3-11H,13H2,1-2H3,(H2,22,23,24,25). The minimum atomic E-state index is 0.501. The molecule has 0 aliphatic rings. The van der Waals surface area contributed by atoms with E-state index in [0.717, 1.165) is 17.2 Å². The SMILES string of the molecule is Cc1ccc(CNc2cc(C)nc(Nc3cccc(C#N)c3)n2)cc1. The van der Waals surface area contributed by atoms with Gasteiger partial charge in [-0.25, -0.2) is 4.98 Å². The van der Waals surface area contributed by atoms with Gasteiger partial charge >= 0.3 is 0 Å². The van der Waals surface area contributed by atoms with Crippen molar-refractivity contribution in [3.05, 3.63) is 77.0 Å². The molecular weight excluding hydrogens is 310 g/mol. The summed E-state index contributed by atoms with van der Waals surface area (Å²) in [6.45, 7) is 4.69. The summed E-state index contributed by atoms with van der Waals surface area (Å²) < 4.78 is 0. The van der Waals surface area contributed by atoms with Crippen molar-refractivity contribution in [2.24, 2.45) is 0 Å². The van der Waals surface area contributed by atoms with Crippen LogP contribution in [0.4, 0.5) is 17.5 Å². The largest absolute Gasteiger partial charge is 0.366 e. The number of aromatic nitrogens is 2. The quantitative estimate of drug-likeness (QED) is 0.729. The first-order valence-corrected chi connectivity index (χ1v) is 8.05. The summed E-state index contributed by atoms with van der Waals surface area (Å²) in [4.78, 5) is 8.91. The second-order valence-corrected chi connectivity index (χ2v) is 5.87. The predicted molar refractivity (Wildman–Crippen MR) is 99.7 cm³/mol. The van der Waals surface area contributed by atoms with Crippen LogP contribution in [0.3, 0.4) is 0 Å². The van der Waals surface area contributed by atoms with Crippen LogP contribution in [0.25, 0.3) is 0 Å². The molecule has 0 amide bonds. The molecule has 5 nitrogen and oxygen atoms in total. The van der Waals surface area contributed by atoms with E-state index in [-0.39, 0.29) is 0 Å². The lowest BCUT2D eigenvalue weighted by Gasteiger charge is -2.10. The van der Waals surface area contributed by atoms with Gasteiger partial charge in [0.1, 0.15) is 5.82 Å².